The standard InChI is InChI=1S/C17H28BrNS/c1-12(2)9-19-10-14-5-4-13(3)6-15(14)7-17-8-16(18)11-20-17/h8,11-15,19H,4-7,9-10H2,1-3H3. The Labute approximate surface area is 136 Å². The van der Waals surface area contributed by atoms with Gasteiger partial charge in [0.1, 0.15) is 0 Å². The zero-order valence-corrected chi connectivity index (χ0v) is 15.4. The average molecular weight is 358 g/mol. The Morgan fingerprint density at radius 2 is 2.15 bits per heavy atom. The molecule has 3 unspecified atom stereocenters. The molecule has 3 atom stereocenters. The van der Waals surface area contributed by atoms with Crippen molar-refractivity contribution in [2.45, 2.75) is 46.5 Å². The highest BCUT2D eigenvalue weighted by Gasteiger charge is 2.28. The first-order valence-electron chi connectivity index (χ1n) is 7.98. The lowest BCUT2D eigenvalue weighted by molar-refractivity contribution is 0.183. The maximum absolute atomic E-state index is 3.68. The predicted molar refractivity (Wildman–Crippen MR) is 93.4 cm³/mol. The molecule has 1 aliphatic rings. The van der Waals surface area contributed by atoms with Gasteiger partial charge in [-0.05, 0) is 78.0 Å². The summed E-state index contributed by atoms with van der Waals surface area (Å²) in [6.07, 6.45) is 5.50. The number of rotatable bonds is 6. The number of nitrogens with one attached hydrogen (secondary N) is 1. The molecule has 1 fully saturated rings. The van der Waals surface area contributed by atoms with Gasteiger partial charge in [-0.2, -0.15) is 0 Å². The molecule has 1 saturated carbocycles. The molecular formula is C17H28BrNS. The number of hydrogen-bond acceptors (Lipinski definition) is 2. The summed E-state index contributed by atoms with van der Waals surface area (Å²) in [5.74, 6) is 3.39. The third-order valence-electron chi connectivity index (χ3n) is 4.45. The van der Waals surface area contributed by atoms with Gasteiger partial charge in [0, 0.05) is 14.7 Å². The monoisotopic (exact) mass is 357 g/mol. The second-order valence-corrected chi connectivity index (χ2v) is 8.84. The van der Waals surface area contributed by atoms with Crippen molar-refractivity contribution in [1.82, 2.24) is 5.32 Å². The van der Waals surface area contributed by atoms with E-state index in [1.54, 1.807) is 4.88 Å². The van der Waals surface area contributed by atoms with Crippen molar-refractivity contribution in [2.75, 3.05) is 13.1 Å². The van der Waals surface area contributed by atoms with Crippen LogP contribution >= 0.6 is 27.3 Å². The zero-order valence-electron chi connectivity index (χ0n) is 13.0. The van der Waals surface area contributed by atoms with Crippen molar-refractivity contribution < 1.29 is 0 Å². The van der Waals surface area contributed by atoms with Gasteiger partial charge in [0.05, 0.1) is 0 Å². The zero-order chi connectivity index (χ0) is 14.5. The number of halogens is 1. The van der Waals surface area contributed by atoms with Crippen molar-refractivity contribution in [3.05, 3.63) is 20.8 Å². The molecule has 1 aromatic heterocycles. The molecule has 1 heterocycles. The Hall–Kier alpha value is 0.140. The fourth-order valence-corrected chi connectivity index (χ4v) is 4.90. The lowest BCUT2D eigenvalue weighted by Crippen LogP contribution is -2.35. The van der Waals surface area contributed by atoms with Gasteiger partial charge in [-0.1, -0.05) is 27.2 Å². The lowest BCUT2D eigenvalue weighted by Gasteiger charge is -2.35. The lowest BCUT2D eigenvalue weighted by atomic mass is 9.73. The molecule has 20 heavy (non-hydrogen) atoms. The summed E-state index contributed by atoms with van der Waals surface area (Å²) < 4.78 is 1.25. The molecule has 0 aromatic carbocycles. The Kier molecular flexibility index (Phi) is 6.57. The van der Waals surface area contributed by atoms with E-state index in [0.717, 1.165) is 30.2 Å². The average Bonchev–Trinajstić information content (AvgIpc) is 2.77. The van der Waals surface area contributed by atoms with Gasteiger partial charge in [-0.25, -0.2) is 0 Å². The van der Waals surface area contributed by atoms with E-state index in [0.29, 0.717) is 0 Å². The fourth-order valence-electron chi connectivity index (χ4n) is 3.36. The normalized spacial score (nSPS) is 27.1. The van der Waals surface area contributed by atoms with Crippen LogP contribution < -0.4 is 5.32 Å². The second-order valence-electron chi connectivity index (χ2n) is 6.93. The van der Waals surface area contributed by atoms with Crippen molar-refractivity contribution in [1.29, 1.82) is 0 Å². The summed E-state index contributed by atoms with van der Waals surface area (Å²) in [5.41, 5.74) is 0. The predicted octanol–water partition coefficient (Wildman–Crippen LogP) is 5.35. The maximum Gasteiger partial charge on any atom is 0.0285 e. The smallest absolute Gasteiger partial charge is 0.0285 e. The van der Waals surface area contributed by atoms with Crippen LogP contribution in [-0.2, 0) is 6.42 Å². The summed E-state index contributed by atoms with van der Waals surface area (Å²) in [6, 6.07) is 2.31. The van der Waals surface area contributed by atoms with E-state index in [1.807, 2.05) is 11.3 Å². The van der Waals surface area contributed by atoms with Crippen LogP contribution in [0.15, 0.2) is 15.9 Å². The van der Waals surface area contributed by atoms with Gasteiger partial charge in [-0.3, -0.25) is 0 Å². The number of thiophene rings is 1. The van der Waals surface area contributed by atoms with Gasteiger partial charge in [0.25, 0.3) is 0 Å². The van der Waals surface area contributed by atoms with Crippen LogP contribution in [0.4, 0.5) is 0 Å². The SMILES string of the molecule is CC(C)CNCC1CCC(C)CC1Cc1cc(Br)cs1. The van der Waals surface area contributed by atoms with Crippen LogP contribution in [0.3, 0.4) is 0 Å². The molecule has 0 amide bonds. The largest absolute Gasteiger partial charge is 0.316 e. The first kappa shape index (κ1) is 16.5. The Morgan fingerprint density at radius 3 is 2.80 bits per heavy atom. The first-order valence-corrected chi connectivity index (χ1v) is 9.65. The molecule has 114 valence electrons. The van der Waals surface area contributed by atoms with Crippen molar-refractivity contribution >= 4 is 27.3 Å². The molecule has 0 aliphatic heterocycles. The topological polar surface area (TPSA) is 12.0 Å². The van der Waals surface area contributed by atoms with Gasteiger partial charge in [0.15, 0.2) is 0 Å². The van der Waals surface area contributed by atoms with Gasteiger partial charge < -0.3 is 5.32 Å². The minimum absolute atomic E-state index is 0.754. The summed E-state index contributed by atoms with van der Waals surface area (Å²) in [4.78, 5) is 1.55. The van der Waals surface area contributed by atoms with E-state index in [-0.39, 0.29) is 0 Å². The van der Waals surface area contributed by atoms with Crippen LogP contribution in [-0.4, -0.2) is 13.1 Å². The summed E-state index contributed by atoms with van der Waals surface area (Å²) in [6.45, 7) is 9.37. The molecule has 0 bridgehead atoms. The maximum atomic E-state index is 3.68. The third-order valence-corrected chi connectivity index (χ3v) is 6.17. The highest BCUT2D eigenvalue weighted by atomic mass is 79.9. The third kappa shape index (κ3) is 5.16. The molecule has 1 N–H and O–H groups in total. The van der Waals surface area contributed by atoms with E-state index in [4.69, 9.17) is 0 Å². The van der Waals surface area contributed by atoms with Gasteiger partial charge in [0.2, 0.25) is 0 Å². The second kappa shape index (κ2) is 7.95. The van der Waals surface area contributed by atoms with E-state index in [2.05, 4.69) is 53.5 Å². The van der Waals surface area contributed by atoms with E-state index < -0.39 is 0 Å². The number of hydrogen-bond donors (Lipinski definition) is 1. The van der Waals surface area contributed by atoms with Crippen LogP contribution in [0.25, 0.3) is 0 Å². The molecule has 1 aliphatic carbocycles. The first-order chi connectivity index (χ1) is 9.54. The van der Waals surface area contributed by atoms with Gasteiger partial charge >= 0.3 is 0 Å². The highest BCUT2D eigenvalue weighted by molar-refractivity contribution is 9.10. The van der Waals surface area contributed by atoms with Crippen LogP contribution in [0.2, 0.25) is 0 Å². The highest BCUT2D eigenvalue weighted by Crippen LogP contribution is 2.37. The minimum Gasteiger partial charge on any atom is -0.316 e. The molecule has 0 saturated heterocycles. The molecule has 3 heteroatoms. The summed E-state index contributed by atoms with van der Waals surface area (Å²) >= 11 is 5.49. The molecule has 2 rings (SSSR count). The van der Waals surface area contributed by atoms with E-state index in [1.165, 1.54) is 36.7 Å². The van der Waals surface area contributed by atoms with Crippen LogP contribution in [0, 0.1) is 23.7 Å². The van der Waals surface area contributed by atoms with Crippen molar-refractivity contribution in [2.24, 2.45) is 23.7 Å². The molecule has 0 spiro atoms. The Balaban J connectivity index is 1.90. The summed E-state index contributed by atoms with van der Waals surface area (Å²) in [7, 11) is 0. The molecular weight excluding hydrogens is 330 g/mol. The summed E-state index contributed by atoms with van der Waals surface area (Å²) in [5, 5.41) is 5.90. The van der Waals surface area contributed by atoms with Crippen LogP contribution in [0.5, 0.6) is 0 Å². The van der Waals surface area contributed by atoms with Crippen LogP contribution in [0.1, 0.15) is 44.9 Å². The van der Waals surface area contributed by atoms with Crippen molar-refractivity contribution in [3.63, 3.8) is 0 Å². The van der Waals surface area contributed by atoms with Gasteiger partial charge in [-0.15, -0.1) is 11.3 Å². The molecule has 0 radical (unpaired) electrons. The fraction of sp³-hybridized carbons (Fsp3) is 0.765. The Morgan fingerprint density at radius 1 is 1.35 bits per heavy atom. The van der Waals surface area contributed by atoms with Crippen molar-refractivity contribution in [3.8, 4) is 0 Å². The minimum atomic E-state index is 0.754. The Bertz CT molecular complexity index is 401. The molecule has 1 nitrogen and oxygen atoms in total. The molecule has 1 aromatic rings. The quantitative estimate of drug-likeness (QED) is 0.723. The van der Waals surface area contributed by atoms with E-state index in [9.17, 15) is 0 Å². The van der Waals surface area contributed by atoms with E-state index >= 15 is 0 Å².